The molecular weight excluding hydrogens is 464 g/mol. The van der Waals surface area contributed by atoms with E-state index in [9.17, 15) is 9.59 Å². The van der Waals surface area contributed by atoms with Crippen LogP contribution in [0, 0.1) is 25.2 Å². The average molecular weight is 493 g/mol. The lowest BCUT2D eigenvalue weighted by Gasteiger charge is -2.21. The van der Waals surface area contributed by atoms with Gasteiger partial charge in [-0.1, -0.05) is 54.6 Å². The van der Waals surface area contributed by atoms with Crippen LogP contribution in [0.3, 0.4) is 0 Å². The highest BCUT2D eigenvalue weighted by Crippen LogP contribution is 2.34. The van der Waals surface area contributed by atoms with Crippen molar-refractivity contribution in [1.29, 1.82) is 5.26 Å². The van der Waals surface area contributed by atoms with Gasteiger partial charge in [-0.05, 0) is 56.2 Å². The number of carbonyl (C=O) groups excluding carboxylic acids is 2. The number of aromatic nitrogens is 2. The second kappa shape index (κ2) is 11.2. The van der Waals surface area contributed by atoms with Gasteiger partial charge >= 0.3 is 6.03 Å². The van der Waals surface area contributed by atoms with Gasteiger partial charge in [-0.25, -0.2) is 9.48 Å². The van der Waals surface area contributed by atoms with E-state index >= 15 is 0 Å². The maximum atomic E-state index is 13.3. The van der Waals surface area contributed by atoms with Crippen LogP contribution in [0.4, 0.5) is 16.3 Å². The van der Waals surface area contributed by atoms with Gasteiger partial charge in [-0.15, -0.1) is 0 Å². The molecule has 0 spiro atoms. The van der Waals surface area contributed by atoms with Gasteiger partial charge in [-0.2, -0.15) is 10.4 Å². The topological polar surface area (TPSA) is 103 Å². The Morgan fingerprint density at radius 3 is 2.41 bits per heavy atom. The molecule has 4 aromatic rings. The average Bonchev–Trinajstić information content (AvgIpc) is 3.23. The lowest BCUT2D eigenvalue weighted by atomic mass is 10.1. The highest BCUT2D eigenvalue weighted by molar-refractivity contribution is 5.99. The first-order valence-corrected chi connectivity index (χ1v) is 12.0. The van der Waals surface area contributed by atoms with Crippen molar-refractivity contribution in [1.82, 2.24) is 14.7 Å². The third-order valence-electron chi connectivity index (χ3n) is 5.97. The summed E-state index contributed by atoms with van der Waals surface area (Å²) < 4.78 is 1.74. The van der Waals surface area contributed by atoms with Crippen molar-refractivity contribution in [2.24, 2.45) is 0 Å². The van der Waals surface area contributed by atoms with Crippen molar-refractivity contribution in [2.75, 3.05) is 23.7 Å². The quantitative estimate of drug-likeness (QED) is 0.354. The van der Waals surface area contributed by atoms with Crippen molar-refractivity contribution in [2.45, 2.75) is 20.8 Å². The summed E-state index contributed by atoms with van der Waals surface area (Å²) >= 11 is 0. The Morgan fingerprint density at radius 1 is 0.973 bits per heavy atom. The molecule has 2 N–H and O–H groups in total. The Hall–Kier alpha value is -4.90. The molecule has 0 bridgehead atoms. The molecule has 8 nitrogen and oxygen atoms in total. The van der Waals surface area contributed by atoms with Gasteiger partial charge in [0.25, 0.3) is 0 Å². The summed E-state index contributed by atoms with van der Waals surface area (Å²) in [5.41, 5.74) is 5.30. The van der Waals surface area contributed by atoms with E-state index in [1.807, 2.05) is 74.5 Å². The molecule has 0 aliphatic carbocycles. The first-order chi connectivity index (χ1) is 17.9. The number of likely N-dealkylation sites (N-methyl/N-ethyl adjacent to an activating group) is 1. The van der Waals surface area contributed by atoms with E-state index in [4.69, 9.17) is 10.4 Å². The van der Waals surface area contributed by atoms with E-state index < -0.39 is 6.03 Å². The fourth-order valence-corrected chi connectivity index (χ4v) is 4.11. The number of urea groups is 1. The van der Waals surface area contributed by atoms with Gasteiger partial charge in [0.2, 0.25) is 5.91 Å². The standard InChI is InChI=1S/C29H28N6O2/c1-4-34(29(37)31-24-15-10-12-22(17-24)18-30)19-26(36)32-28-27(23-13-6-5-7-14-23)21(3)33-35(28)25-16-9-8-11-20(25)2/h5-17H,4,19H2,1-3H3,(H,31,37)(H,32,36). The van der Waals surface area contributed by atoms with E-state index in [1.165, 1.54) is 4.90 Å². The van der Waals surface area contributed by atoms with Crippen molar-refractivity contribution < 1.29 is 9.59 Å². The second-order valence-corrected chi connectivity index (χ2v) is 8.56. The number of hydrogen-bond acceptors (Lipinski definition) is 4. The van der Waals surface area contributed by atoms with E-state index in [0.717, 1.165) is 28.1 Å². The maximum absolute atomic E-state index is 13.3. The van der Waals surface area contributed by atoms with Crippen LogP contribution in [0.5, 0.6) is 0 Å². The molecule has 0 fully saturated rings. The molecule has 0 unspecified atom stereocenters. The third kappa shape index (κ3) is 5.68. The van der Waals surface area contributed by atoms with E-state index in [-0.39, 0.29) is 12.5 Å². The monoisotopic (exact) mass is 492 g/mol. The first kappa shape index (κ1) is 25.2. The number of carbonyl (C=O) groups is 2. The second-order valence-electron chi connectivity index (χ2n) is 8.56. The number of aryl methyl sites for hydroxylation is 2. The fourth-order valence-electron chi connectivity index (χ4n) is 4.11. The zero-order chi connectivity index (χ0) is 26.4. The molecule has 3 aromatic carbocycles. The Morgan fingerprint density at radius 2 is 1.70 bits per heavy atom. The molecule has 3 amide bonds. The smallest absolute Gasteiger partial charge is 0.315 e. The number of nitriles is 1. The molecule has 186 valence electrons. The predicted octanol–water partition coefficient (Wildman–Crippen LogP) is 5.52. The lowest BCUT2D eigenvalue weighted by molar-refractivity contribution is -0.116. The summed E-state index contributed by atoms with van der Waals surface area (Å²) in [5, 5.41) is 19.7. The lowest BCUT2D eigenvalue weighted by Crippen LogP contribution is -2.40. The predicted molar refractivity (Wildman–Crippen MR) is 145 cm³/mol. The molecule has 0 saturated heterocycles. The number of rotatable bonds is 7. The van der Waals surface area contributed by atoms with E-state index in [0.29, 0.717) is 23.6 Å². The van der Waals surface area contributed by atoms with E-state index in [1.54, 1.807) is 35.9 Å². The number of hydrogen-bond donors (Lipinski definition) is 2. The fraction of sp³-hybridized carbons (Fsp3) is 0.172. The Labute approximate surface area is 216 Å². The summed E-state index contributed by atoms with van der Waals surface area (Å²) in [7, 11) is 0. The molecule has 1 aromatic heterocycles. The Bertz CT molecular complexity index is 1470. The first-order valence-electron chi connectivity index (χ1n) is 12.0. The minimum Gasteiger partial charge on any atom is -0.315 e. The highest BCUT2D eigenvalue weighted by atomic mass is 16.2. The number of nitrogens with one attached hydrogen (secondary N) is 2. The van der Waals surface area contributed by atoms with Gasteiger partial charge in [0.15, 0.2) is 0 Å². The van der Waals surface area contributed by atoms with Crippen LogP contribution in [0.15, 0.2) is 78.9 Å². The zero-order valence-corrected chi connectivity index (χ0v) is 21.0. The molecular formula is C29H28N6O2. The van der Waals surface area contributed by atoms with Crippen LogP contribution in [-0.4, -0.2) is 39.7 Å². The molecule has 0 atom stereocenters. The van der Waals surface area contributed by atoms with Crippen molar-refractivity contribution in [3.05, 3.63) is 95.7 Å². The van der Waals surface area contributed by atoms with Crippen LogP contribution in [0.25, 0.3) is 16.8 Å². The Kier molecular flexibility index (Phi) is 7.65. The zero-order valence-electron chi connectivity index (χ0n) is 21.0. The summed E-state index contributed by atoms with van der Waals surface area (Å²) in [5.74, 6) is 0.191. The summed E-state index contributed by atoms with van der Waals surface area (Å²) in [6.07, 6.45) is 0. The summed E-state index contributed by atoms with van der Waals surface area (Å²) in [6, 6.07) is 25.8. The van der Waals surface area contributed by atoms with Crippen LogP contribution in [0.1, 0.15) is 23.7 Å². The summed E-state index contributed by atoms with van der Waals surface area (Å²) in [6.45, 7) is 5.86. The van der Waals surface area contributed by atoms with Gasteiger partial charge in [0.1, 0.15) is 12.4 Å². The Balaban J connectivity index is 1.61. The van der Waals surface area contributed by atoms with Crippen LogP contribution < -0.4 is 10.6 Å². The molecule has 8 heteroatoms. The van der Waals surface area contributed by atoms with Crippen molar-refractivity contribution >= 4 is 23.4 Å². The number of nitrogens with zero attached hydrogens (tertiary/aromatic N) is 4. The van der Waals surface area contributed by atoms with Gasteiger partial charge < -0.3 is 15.5 Å². The minimum atomic E-state index is -0.431. The molecule has 4 rings (SSSR count). The van der Waals surface area contributed by atoms with Gasteiger partial charge in [-0.3, -0.25) is 4.79 Å². The molecule has 37 heavy (non-hydrogen) atoms. The van der Waals surface area contributed by atoms with Crippen molar-refractivity contribution in [3.8, 4) is 22.9 Å². The molecule has 1 heterocycles. The molecule has 0 saturated carbocycles. The van der Waals surface area contributed by atoms with Gasteiger partial charge in [0.05, 0.1) is 23.0 Å². The van der Waals surface area contributed by atoms with Crippen LogP contribution in [0.2, 0.25) is 0 Å². The number of para-hydroxylation sites is 1. The number of anilines is 2. The third-order valence-corrected chi connectivity index (χ3v) is 5.97. The minimum absolute atomic E-state index is 0.160. The summed E-state index contributed by atoms with van der Waals surface area (Å²) in [4.78, 5) is 27.6. The molecule has 0 radical (unpaired) electrons. The maximum Gasteiger partial charge on any atom is 0.322 e. The highest BCUT2D eigenvalue weighted by Gasteiger charge is 2.23. The molecule has 0 aliphatic heterocycles. The van der Waals surface area contributed by atoms with Gasteiger partial charge in [0, 0.05) is 17.8 Å². The number of benzene rings is 3. The normalized spacial score (nSPS) is 10.4. The number of amides is 3. The SMILES string of the molecule is CCN(CC(=O)Nc1c(-c2ccccc2)c(C)nn1-c1ccccc1C)C(=O)Nc1cccc(C#N)c1. The van der Waals surface area contributed by atoms with Crippen LogP contribution >= 0.6 is 0 Å². The van der Waals surface area contributed by atoms with Crippen molar-refractivity contribution in [3.63, 3.8) is 0 Å². The largest absolute Gasteiger partial charge is 0.322 e. The van der Waals surface area contributed by atoms with E-state index in [2.05, 4.69) is 10.6 Å². The van der Waals surface area contributed by atoms with Crippen LogP contribution in [-0.2, 0) is 4.79 Å². The molecule has 0 aliphatic rings.